The lowest BCUT2D eigenvalue weighted by atomic mass is 9.95. The summed E-state index contributed by atoms with van der Waals surface area (Å²) in [5, 5.41) is 11.0. The highest BCUT2D eigenvalue weighted by Gasteiger charge is 2.46. The number of para-hydroxylation sites is 1. The molecule has 0 saturated carbocycles. The first-order chi connectivity index (χ1) is 14.0. The molecule has 144 valence electrons. The molecule has 1 fully saturated rings. The van der Waals surface area contributed by atoms with E-state index in [-0.39, 0.29) is 11.3 Å². The molecular formula is C24H18FNO3. The average Bonchev–Trinajstić information content (AvgIpc) is 3.00. The molecule has 1 heterocycles. The van der Waals surface area contributed by atoms with Gasteiger partial charge in [-0.05, 0) is 36.8 Å². The summed E-state index contributed by atoms with van der Waals surface area (Å²) in [6.45, 7) is 1.91. The van der Waals surface area contributed by atoms with Crippen LogP contribution in [-0.2, 0) is 9.59 Å². The van der Waals surface area contributed by atoms with Gasteiger partial charge in [-0.15, -0.1) is 0 Å². The Labute approximate surface area is 167 Å². The molecule has 0 radical (unpaired) electrons. The van der Waals surface area contributed by atoms with E-state index < -0.39 is 23.5 Å². The third-order valence-electron chi connectivity index (χ3n) is 4.99. The van der Waals surface area contributed by atoms with Crippen LogP contribution in [0, 0.1) is 12.7 Å². The molecule has 0 aliphatic carbocycles. The van der Waals surface area contributed by atoms with Crippen LogP contribution >= 0.6 is 0 Å². The van der Waals surface area contributed by atoms with Crippen molar-refractivity contribution in [1.82, 2.24) is 0 Å². The fraction of sp³-hybridized carbons (Fsp3) is 0.0833. The Morgan fingerprint density at radius 1 is 0.897 bits per heavy atom. The van der Waals surface area contributed by atoms with E-state index in [0.717, 1.165) is 5.56 Å². The number of aliphatic hydroxyl groups is 1. The maximum absolute atomic E-state index is 13.5. The number of carbonyl (C=O) groups excluding carboxylic acids is 2. The second kappa shape index (κ2) is 7.36. The third kappa shape index (κ3) is 3.31. The molecular weight excluding hydrogens is 369 g/mol. The number of carbonyl (C=O) groups is 2. The van der Waals surface area contributed by atoms with Crippen LogP contribution in [0.2, 0.25) is 0 Å². The summed E-state index contributed by atoms with van der Waals surface area (Å²) in [6, 6.07) is 20.5. The first kappa shape index (κ1) is 18.6. The van der Waals surface area contributed by atoms with Crippen LogP contribution in [-0.4, -0.2) is 16.8 Å². The molecule has 1 aliphatic rings. The molecule has 1 N–H and O–H groups in total. The zero-order chi connectivity index (χ0) is 20.5. The van der Waals surface area contributed by atoms with Crippen molar-refractivity contribution < 1.29 is 19.1 Å². The van der Waals surface area contributed by atoms with E-state index in [1.54, 1.807) is 42.5 Å². The van der Waals surface area contributed by atoms with Gasteiger partial charge in [0.1, 0.15) is 11.6 Å². The van der Waals surface area contributed by atoms with Gasteiger partial charge in [-0.2, -0.15) is 0 Å². The minimum absolute atomic E-state index is 0.0192. The lowest BCUT2D eigenvalue weighted by Gasteiger charge is -2.25. The maximum atomic E-state index is 13.5. The van der Waals surface area contributed by atoms with Crippen LogP contribution in [0.1, 0.15) is 22.7 Å². The van der Waals surface area contributed by atoms with Gasteiger partial charge >= 0.3 is 0 Å². The Balaban J connectivity index is 1.94. The Morgan fingerprint density at radius 3 is 2.14 bits per heavy atom. The molecule has 29 heavy (non-hydrogen) atoms. The molecule has 0 bridgehead atoms. The fourth-order valence-electron chi connectivity index (χ4n) is 3.51. The molecule has 3 aromatic rings. The standard InChI is InChI=1S/C24H18FNO3/c1-15-7-9-17(10-8-15)22(27)20-21(16-11-13-18(25)14-12-16)26(24(29)23(20)28)19-5-3-2-4-6-19/h2-14,21,27H,1H3/b22-20+/t21-/m1/s1. The number of amides is 1. The van der Waals surface area contributed by atoms with Crippen LogP contribution < -0.4 is 4.90 Å². The van der Waals surface area contributed by atoms with Gasteiger partial charge in [0.15, 0.2) is 0 Å². The summed E-state index contributed by atoms with van der Waals surface area (Å²) < 4.78 is 13.5. The number of ketones is 1. The van der Waals surface area contributed by atoms with Crippen molar-refractivity contribution in [2.45, 2.75) is 13.0 Å². The summed E-state index contributed by atoms with van der Waals surface area (Å²) >= 11 is 0. The second-order valence-electron chi connectivity index (χ2n) is 6.92. The van der Waals surface area contributed by atoms with Crippen molar-refractivity contribution in [3.05, 3.63) is 107 Å². The molecule has 0 unspecified atom stereocenters. The second-order valence-corrected chi connectivity index (χ2v) is 6.92. The number of aliphatic hydroxyl groups excluding tert-OH is 1. The Kier molecular flexibility index (Phi) is 4.72. The molecule has 1 amide bonds. The van der Waals surface area contributed by atoms with Crippen LogP contribution in [0.3, 0.4) is 0 Å². The predicted molar refractivity (Wildman–Crippen MR) is 109 cm³/mol. The summed E-state index contributed by atoms with van der Waals surface area (Å²) in [5.74, 6) is -2.19. The molecule has 1 aliphatic heterocycles. The van der Waals surface area contributed by atoms with E-state index in [0.29, 0.717) is 16.8 Å². The molecule has 3 aromatic carbocycles. The molecule has 1 atom stereocenters. The number of anilines is 1. The van der Waals surface area contributed by atoms with Crippen molar-refractivity contribution in [1.29, 1.82) is 0 Å². The molecule has 5 heteroatoms. The summed E-state index contributed by atoms with van der Waals surface area (Å²) in [5.41, 5.74) is 2.47. The van der Waals surface area contributed by atoms with E-state index in [2.05, 4.69) is 0 Å². The van der Waals surface area contributed by atoms with Gasteiger partial charge in [0.05, 0.1) is 11.6 Å². The molecule has 4 rings (SSSR count). The first-order valence-corrected chi connectivity index (χ1v) is 9.16. The van der Waals surface area contributed by atoms with E-state index in [4.69, 9.17) is 0 Å². The van der Waals surface area contributed by atoms with E-state index in [1.165, 1.54) is 29.2 Å². The zero-order valence-corrected chi connectivity index (χ0v) is 15.7. The van der Waals surface area contributed by atoms with Crippen LogP contribution in [0.25, 0.3) is 5.76 Å². The Hall–Kier alpha value is -3.73. The van der Waals surface area contributed by atoms with E-state index >= 15 is 0 Å². The van der Waals surface area contributed by atoms with E-state index in [9.17, 15) is 19.1 Å². The Morgan fingerprint density at radius 2 is 1.52 bits per heavy atom. The monoisotopic (exact) mass is 387 g/mol. The van der Waals surface area contributed by atoms with Crippen LogP contribution in [0.15, 0.2) is 84.4 Å². The van der Waals surface area contributed by atoms with Crippen molar-refractivity contribution in [3.8, 4) is 0 Å². The zero-order valence-electron chi connectivity index (χ0n) is 15.7. The predicted octanol–water partition coefficient (Wildman–Crippen LogP) is 4.76. The summed E-state index contributed by atoms with van der Waals surface area (Å²) in [7, 11) is 0. The molecule has 0 aromatic heterocycles. The van der Waals surface area contributed by atoms with Gasteiger partial charge in [-0.1, -0.05) is 60.2 Å². The van der Waals surface area contributed by atoms with E-state index in [1.807, 2.05) is 19.1 Å². The number of nitrogens with zero attached hydrogens (tertiary/aromatic N) is 1. The number of aryl methyl sites for hydroxylation is 1. The lowest BCUT2D eigenvalue weighted by Crippen LogP contribution is -2.29. The minimum atomic E-state index is -0.862. The van der Waals surface area contributed by atoms with Crippen molar-refractivity contribution in [2.24, 2.45) is 0 Å². The number of hydrogen-bond acceptors (Lipinski definition) is 3. The SMILES string of the molecule is Cc1ccc(/C(O)=C2\C(=O)C(=O)N(c3ccccc3)[C@@H]2c2ccc(F)cc2)cc1. The summed E-state index contributed by atoms with van der Waals surface area (Å²) in [4.78, 5) is 27.2. The highest BCUT2D eigenvalue weighted by molar-refractivity contribution is 6.51. The number of benzene rings is 3. The van der Waals surface area contributed by atoms with Crippen LogP contribution in [0.5, 0.6) is 0 Å². The number of halogens is 1. The van der Waals surface area contributed by atoms with Gasteiger partial charge in [-0.3, -0.25) is 14.5 Å². The van der Waals surface area contributed by atoms with Crippen LogP contribution in [0.4, 0.5) is 10.1 Å². The first-order valence-electron chi connectivity index (χ1n) is 9.16. The summed E-state index contributed by atoms with van der Waals surface area (Å²) in [6.07, 6.45) is 0. The van der Waals surface area contributed by atoms with Gasteiger partial charge in [0.2, 0.25) is 0 Å². The third-order valence-corrected chi connectivity index (χ3v) is 4.99. The van der Waals surface area contributed by atoms with Crippen molar-refractivity contribution >= 4 is 23.1 Å². The van der Waals surface area contributed by atoms with Crippen molar-refractivity contribution in [2.75, 3.05) is 4.90 Å². The number of rotatable bonds is 3. The van der Waals surface area contributed by atoms with Gasteiger partial charge in [0, 0.05) is 11.3 Å². The minimum Gasteiger partial charge on any atom is -0.507 e. The number of Topliss-reactive ketones (excluding diaryl/α,β-unsaturated/α-hetero) is 1. The maximum Gasteiger partial charge on any atom is 0.300 e. The smallest absolute Gasteiger partial charge is 0.300 e. The topological polar surface area (TPSA) is 57.6 Å². The van der Waals surface area contributed by atoms with Gasteiger partial charge in [-0.25, -0.2) is 4.39 Å². The quantitative estimate of drug-likeness (QED) is 0.400. The highest BCUT2D eigenvalue weighted by atomic mass is 19.1. The average molecular weight is 387 g/mol. The largest absolute Gasteiger partial charge is 0.507 e. The lowest BCUT2D eigenvalue weighted by molar-refractivity contribution is -0.132. The van der Waals surface area contributed by atoms with Gasteiger partial charge < -0.3 is 5.11 Å². The number of hydrogen-bond donors (Lipinski definition) is 1. The molecule has 1 saturated heterocycles. The highest BCUT2D eigenvalue weighted by Crippen LogP contribution is 2.42. The normalized spacial score (nSPS) is 18.3. The van der Waals surface area contributed by atoms with Crippen molar-refractivity contribution in [3.63, 3.8) is 0 Å². The molecule has 0 spiro atoms. The fourth-order valence-corrected chi connectivity index (χ4v) is 3.51. The molecule has 4 nitrogen and oxygen atoms in total. The Bertz CT molecular complexity index is 1100. The van der Waals surface area contributed by atoms with Gasteiger partial charge in [0.25, 0.3) is 11.7 Å².